The van der Waals surface area contributed by atoms with Gasteiger partial charge in [0.15, 0.2) is 11.0 Å². The van der Waals surface area contributed by atoms with E-state index in [9.17, 15) is 9.59 Å². The number of hydrogen-bond acceptors (Lipinski definition) is 5. The highest BCUT2D eigenvalue weighted by molar-refractivity contribution is 5.92. The van der Waals surface area contributed by atoms with Crippen LogP contribution in [0.2, 0.25) is 0 Å². The molecule has 0 aliphatic rings. The van der Waals surface area contributed by atoms with E-state index in [0.29, 0.717) is 17.7 Å². The van der Waals surface area contributed by atoms with Gasteiger partial charge in [-0.1, -0.05) is 25.8 Å². The third-order valence-corrected chi connectivity index (χ3v) is 2.97. The maximum Gasteiger partial charge on any atom is 0.374 e. The highest BCUT2D eigenvalue weighted by atomic mass is 16.5. The van der Waals surface area contributed by atoms with Gasteiger partial charge in [-0.05, 0) is 18.6 Å². The summed E-state index contributed by atoms with van der Waals surface area (Å²) < 4.78 is 10.5. The first kappa shape index (κ1) is 14.1. The fraction of sp³-hybridized carbons (Fsp3) is 0.333. The Morgan fingerprint density at radius 1 is 1.35 bits per heavy atom. The zero-order valence-electron chi connectivity index (χ0n) is 11.3. The Labute approximate surface area is 116 Å². The van der Waals surface area contributed by atoms with Crippen molar-refractivity contribution in [2.75, 3.05) is 12.3 Å². The second kappa shape index (κ2) is 6.23. The Bertz CT molecular complexity index is 675. The van der Waals surface area contributed by atoms with E-state index in [1.807, 2.05) is 0 Å². The molecule has 0 atom stereocenters. The first-order valence-corrected chi connectivity index (χ1v) is 6.63. The topological polar surface area (TPSA) is 82.5 Å². The van der Waals surface area contributed by atoms with Crippen LogP contribution in [0.25, 0.3) is 11.0 Å². The van der Waals surface area contributed by atoms with Gasteiger partial charge >= 0.3 is 5.97 Å². The lowest BCUT2D eigenvalue weighted by atomic mass is 10.2. The lowest BCUT2D eigenvalue weighted by Gasteiger charge is -2.05. The van der Waals surface area contributed by atoms with E-state index < -0.39 is 5.97 Å². The van der Waals surface area contributed by atoms with E-state index in [-0.39, 0.29) is 16.8 Å². The summed E-state index contributed by atoms with van der Waals surface area (Å²) in [5.74, 6) is -0.750. The number of carbonyl (C=O) groups is 1. The number of nitrogens with two attached hydrogens (primary N) is 1. The van der Waals surface area contributed by atoms with Crippen LogP contribution in [-0.4, -0.2) is 12.6 Å². The van der Waals surface area contributed by atoms with Gasteiger partial charge < -0.3 is 14.9 Å². The molecule has 0 saturated carbocycles. The fourth-order valence-corrected chi connectivity index (χ4v) is 1.89. The van der Waals surface area contributed by atoms with E-state index in [2.05, 4.69) is 6.92 Å². The monoisotopic (exact) mass is 275 g/mol. The zero-order valence-corrected chi connectivity index (χ0v) is 11.3. The van der Waals surface area contributed by atoms with Crippen molar-refractivity contribution in [1.29, 1.82) is 0 Å². The summed E-state index contributed by atoms with van der Waals surface area (Å²) >= 11 is 0. The first-order chi connectivity index (χ1) is 9.63. The first-order valence-electron chi connectivity index (χ1n) is 6.63. The summed E-state index contributed by atoms with van der Waals surface area (Å²) in [6.07, 6.45) is 2.82. The predicted molar refractivity (Wildman–Crippen MR) is 76.7 cm³/mol. The van der Waals surface area contributed by atoms with Crippen molar-refractivity contribution in [2.24, 2.45) is 0 Å². The number of ether oxygens (including phenoxy) is 1. The molecule has 0 spiro atoms. The normalized spacial score (nSPS) is 10.7. The number of nitrogen functional groups attached to an aromatic ring is 1. The lowest BCUT2D eigenvalue weighted by Crippen LogP contribution is -2.11. The fourth-order valence-electron chi connectivity index (χ4n) is 1.89. The van der Waals surface area contributed by atoms with Gasteiger partial charge in [-0.15, -0.1) is 0 Å². The van der Waals surface area contributed by atoms with E-state index in [1.54, 1.807) is 18.2 Å². The number of hydrogen-bond donors (Lipinski definition) is 1. The second-order valence-corrected chi connectivity index (χ2v) is 4.54. The molecule has 0 aliphatic carbocycles. The molecule has 1 aromatic carbocycles. The minimum Gasteiger partial charge on any atom is -0.460 e. The SMILES string of the molecule is CCCCCOC(=O)c1cc(=O)c2cccc(N)c2o1. The van der Waals surface area contributed by atoms with Gasteiger partial charge in [-0.25, -0.2) is 4.79 Å². The number of rotatable bonds is 5. The Hall–Kier alpha value is -2.30. The smallest absolute Gasteiger partial charge is 0.374 e. The molecule has 2 aromatic rings. The minimum absolute atomic E-state index is 0.114. The van der Waals surface area contributed by atoms with Crippen LogP contribution in [0.15, 0.2) is 33.5 Å². The molecule has 5 heteroatoms. The number of benzene rings is 1. The third-order valence-electron chi connectivity index (χ3n) is 2.97. The molecule has 2 rings (SSSR count). The van der Waals surface area contributed by atoms with Crippen LogP contribution in [-0.2, 0) is 4.74 Å². The Morgan fingerprint density at radius 3 is 2.90 bits per heavy atom. The molecule has 1 aromatic heterocycles. The van der Waals surface area contributed by atoms with Crippen molar-refractivity contribution in [1.82, 2.24) is 0 Å². The Morgan fingerprint density at radius 2 is 2.15 bits per heavy atom. The van der Waals surface area contributed by atoms with Crippen molar-refractivity contribution in [3.8, 4) is 0 Å². The molecule has 5 nitrogen and oxygen atoms in total. The molecule has 2 N–H and O–H groups in total. The Balaban J connectivity index is 2.25. The molecule has 0 saturated heterocycles. The van der Waals surface area contributed by atoms with E-state index in [4.69, 9.17) is 14.9 Å². The van der Waals surface area contributed by atoms with Gasteiger partial charge in [0.25, 0.3) is 0 Å². The molecule has 106 valence electrons. The van der Waals surface area contributed by atoms with Crippen molar-refractivity contribution in [2.45, 2.75) is 26.2 Å². The number of anilines is 1. The average Bonchev–Trinajstić information content (AvgIpc) is 2.44. The largest absolute Gasteiger partial charge is 0.460 e. The number of fused-ring (bicyclic) bond motifs is 1. The average molecular weight is 275 g/mol. The van der Waals surface area contributed by atoms with Crippen molar-refractivity contribution < 1.29 is 13.9 Å². The van der Waals surface area contributed by atoms with Crippen LogP contribution in [0.3, 0.4) is 0 Å². The van der Waals surface area contributed by atoms with Crippen molar-refractivity contribution >= 4 is 22.6 Å². The van der Waals surface area contributed by atoms with Crippen LogP contribution in [0.1, 0.15) is 36.7 Å². The standard InChI is InChI=1S/C15H17NO4/c1-2-3-4-8-19-15(18)13-9-12(17)10-6-5-7-11(16)14(10)20-13/h5-7,9H,2-4,8,16H2,1H3. The molecule has 1 heterocycles. The quantitative estimate of drug-likeness (QED) is 0.515. The van der Waals surface area contributed by atoms with E-state index in [1.165, 1.54) is 0 Å². The Kier molecular flexibility index (Phi) is 4.40. The van der Waals surface area contributed by atoms with Gasteiger partial charge in [-0.3, -0.25) is 4.79 Å². The molecular weight excluding hydrogens is 258 g/mol. The number of para-hydroxylation sites is 1. The molecule has 0 aliphatic heterocycles. The summed E-state index contributed by atoms with van der Waals surface area (Å²) in [4.78, 5) is 23.7. The summed E-state index contributed by atoms with van der Waals surface area (Å²) in [6.45, 7) is 2.38. The number of carbonyl (C=O) groups excluding carboxylic acids is 1. The van der Waals surface area contributed by atoms with Crippen molar-refractivity contribution in [3.63, 3.8) is 0 Å². The summed E-state index contributed by atoms with van der Waals surface area (Å²) in [6, 6.07) is 6.02. The van der Waals surface area contributed by atoms with Crippen LogP contribution in [0.5, 0.6) is 0 Å². The predicted octanol–water partition coefficient (Wildman–Crippen LogP) is 2.72. The molecule has 0 bridgehead atoms. The van der Waals surface area contributed by atoms with Gasteiger partial charge in [0.1, 0.15) is 0 Å². The highest BCUT2D eigenvalue weighted by Gasteiger charge is 2.14. The molecule has 0 radical (unpaired) electrons. The van der Waals surface area contributed by atoms with Gasteiger partial charge in [-0.2, -0.15) is 0 Å². The van der Waals surface area contributed by atoms with Gasteiger partial charge in [0, 0.05) is 6.07 Å². The van der Waals surface area contributed by atoms with Crippen molar-refractivity contribution in [3.05, 3.63) is 40.2 Å². The maximum absolute atomic E-state index is 11.9. The summed E-state index contributed by atoms with van der Waals surface area (Å²) in [5.41, 5.74) is 5.98. The van der Waals surface area contributed by atoms with Crippen LogP contribution < -0.4 is 11.2 Å². The number of unbranched alkanes of at least 4 members (excludes halogenated alkanes) is 2. The highest BCUT2D eigenvalue weighted by Crippen LogP contribution is 2.19. The summed E-state index contributed by atoms with van der Waals surface area (Å²) in [5, 5.41) is 0.354. The van der Waals surface area contributed by atoms with E-state index >= 15 is 0 Å². The third kappa shape index (κ3) is 2.99. The lowest BCUT2D eigenvalue weighted by molar-refractivity contribution is 0.0462. The van der Waals surface area contributed by atoms with E-state index in [0.717, 1.165) is 25.3 Å². The molecule has 0 fully saturated rings. The minimum atomic E-state index is -0.636. The second-order valence-electron chi connectivity index (χ2n) is 4.54. The zero-order chi connectivity index (χ0) is 14.5. The van der Waals surface area contributed by atoms with Crippen LogP contribution >= 0.6 is 0 Å². The maximum atomic E-state index is 11.9. The van der Waals surface area contributed by atoms with Gasteiger partial charge in [0.2, 0.25) is 5.76 Å². The van der Waals surface area contributed by atoms with Crippen LogP contribution in [0.4, 0.5) is 5.69 Å². The summed E-state index contributed by atoms with van der Waals surface area (Å²) in [7, 11) is 0. The molecule has 0 amide bonds. The van der Waals surface area contributed by atoms with Gasteiger partial charge in [0.05, 0.1) is 17.7 Å². The molecule has 0 unspecified atom stereocenters. The molecular formula is C15H17NO4. The number of esters is 1. The molecule has 20 heavy (non-hydrogen) atoms. The van der Waals surface area contributed by atoms with Crippen LogP contribution in [0, 0.1) is 0 Å².